The molecule has 1 aliphatic heterocycles. The molecule has 1 aliphatic rings. The zero-order valence-corrected chi connectivity index (χ0v) is 12.7. The minimum atomic E-state index is 0.627. The molecule has 94 valence electrons. The van der Waals surface area contributed by atoms with Gasteiger partial charge >= 0.3 is 0 Å². The van der Waals surface area contributed by atoms with Gasteiger partial charge in [-0.05, 0) is 49.3 Å². The van der Waals surface area contributed by atoms with Gasteiger partial charge in [-0.25, -0.2) is 0 Å². The highest BCUT2D eigenvalue weighted by atomic mass is 79.9. The van der Waals surface area contributed by atoms with Crippen LogP contribution < -0.4 is 5.32 Å². The first-order valence-electron chi connectivity index (χ1n) is 6.39. The van der Waals surface area contributed by atoms with Gasteiger partial charge in [0.1, 0.15) is 0 Å². The van der Waals surface area contributed by atoms with E-state index >= 15 is 0 Å². The third-order valence-electron chi connectivity index (χ3n) is 3.22. The molecule has 0 amide bonds. The smallest absolute Gasteiger partial charge is 0.0226 e. The van der Waals surface area contributed by atoms with Crippen molar-refractivity contribution >= 4 is 27.7 Å². The highest BCUT2D eigenvalue weighted by Crippen LogP contribution is 2.30. The molecule has 0 aliphatic carbocycles. The minimum absolute atomic E-state index is 0.627. The Morgan fingerprint density at radius 1 is 1.53 bits per heavy atom. The third kappa shape index (κ3) is 4.01. The van der Waals surface area contributed by atoms with Crippen LogP contribution >= 0.6 is 27.7 Å². The summed E-state index contributed by atoms with van der Waals surface area (Å²) < 4.78 is 1.18. The van der Waals surface area contributed by atoms with Crippen LogP contribution in [0.3, 0.4) is 0 Å². The van der Waals surface area contributed by atoms with Crippen LogP contribution in [0.5, 0.6) is 0 Å². The molecule has 0 aromatic heterocycles. The zero-order chi connectivity index (χ0) is 12.1. The molecule has 1 heterocycles. The topological polar surface area (TPSA) is 12.0 Å². The summed E-state index contributed by atoms with van der Waals surface area (Å²) in [5.41, 5.74) is 1.43. The van der Waals surface area contributed by atoms with Crippen LogP contribution in [-0.4, -0.2) is 23.6 Å². The Balaban J connectivity index is 2.01. The van der Waals surface area contributed by atoms with E-state index in [9.17, 15) is 0 Å². The van der Waals surface area contributed by atoms with Gasteiger partial charge in [0.2, 0.25) is 0 Å². The summed E-state index contributed by atoms with van der Waals surface area (Å²) in [7, 11) is 0. The van der Waals surface area contributed by atoms with E-state index < -0.39 is 0 Å². The molecule has 1 N–H and O–H groups in total. The molecule has 1 saturated heterocycles. The van der Waals surface area contributed by atoms with Gasteiger partial charge in [-0.15, -0.1) is 0 Å². The van der Waals surface area contributed by atoms with Gasteiger partial charge in [0.25, 0.3) is 0 Å². The van der Waals surface area contributed by atoms with Crippen molar-refractivity contribution in [2.75, 3.05) is 12.3 Å². The Labute approximate surface area is 117 Å². The SMILES string of the molecule is CCNC(Cc1cccc(Br)c1)C1CCCS1. The van der Waals surface area contributed by atoms with Crippen molar-refractivity contribution in [3.8, 4) is 0 Å². The van der Waals surface area contributed by atoms with Crippen molar-refractivity contribution in [2.24, 2.45) is 0 Å². The Morgan fingerprint density at radius 3 is 3.06 bits per heavy atom. The predicted octanol–water partition coefficient (Wildman–Crippen LogP) is 3.87. The summed E-state index contributed by atoms with van der Waals surface area (Å²) in [6, 6.07) is 9.32. The summed E-state index contributed by atoms with van der Waals surface area (Å²) in [5, 5.41) is 4.46. The molecule has 2 unspecified atom stereocenters. The average Bonchev–Trinajstić information content (AvgIpc) is 2.82. The molecule has 0 bridgehead atoms. The van der Waals surface area contributed by atoms with Crippen LogP contribution in [0, 0.1) is 0 Å². The molecule has 0 radical (unpaired) electrons. The summed E-state index contributed by atoms with van der Waals surface area (Å²) in [6.07, 6.45) is 3.90. The van der Waals surface area contributed by atoms with Crippen molar-refractivity contribution in [1.29, 1.82) is 0 Å². The number of halogens is 1. The molecule has 0 spiro atoms. The fraction of sp³-hybridized carbons (Fsp3) is 0.571. The van der Waals surface area contributed by atoms with E-state index in [0.29, 0.717) is 6.04 Å². The number of likely N-dealkylation sites (N-methyl/N-ethyl adjacent to an activating group) is 1. The van der Waals surface area contributed by atoms with Crippen molar-refractivity contribution in [3.05, 3.63) is 34.3 Å². The van der Waals surface area contributed by atoms with E-state index in [4.69, 9.17) is 0 Å². The summed E-state index contributed by atoms with van der Waals surface area (Å²) in [4.78, 5) is 0. The maximum atomic E-state index is 3.66. The van der Waals surface area contributed by atoms with E-state index in [1.807, 2.05) is 0 Å². The van der Waals surface area contributed by atoms with Crippen LogP contribution in [0.4, 0.5) is 0 Å². The van der Waals surface area contributed by atoms with Crippen LogP contribution in [0.1, 0.15) is 25.3 Å². The molecule has 1 aromatic carbocycles. The summed E-state index contributed by atoms with van der Waals surface area (Å²) in [5.74, 6) is 1.34. The molecule has 2 atom stereocenters. The quantitative estimate of drug-likeness (QED) is 0.885. The molecule has 0 saturated carbocycles. The van der Waals surface area contributed by atoms with Gasteiger partial charge in [-0.2, -0.15) is 11.8 Å². The molecular weight excluding hydrogens is 294 g/mol. The zero-order valence-electron chi connectivity index (χ0n) is 10.3. The van der Waals surface area contributed by atoms with Crippen LogP contribution in [-0.2, 0) is 6.42 Å². The second-order valence-electron chi connectivity index (χ2n) is 4.55. The fourth-order valence-electron chi connectivity index (χ4n) is 2.44. The molecular formula is C14H20BrNS. The van der Waals surface area contributed by atoms with Crippen LogP contribution in [0.2, 0.25) is 0 Å². The first kappa shape index (κ1) is 13.4. The second kappa shape index (κ2) is 6.81. The minimum Gasteiger partial charge on any atom is -0.313 e. The number of hydrogen-bond acceptors (Lipinski definition) is 2. The van der Waals surface area contributed by atoms with Crippen LogP contribution in [0.25, 0.3) is 0 Å². The Morgan fingerprint density at radius 2 is 2.41 bits per heavy atom. The fourth-order valence-corrected chi connectivity index (χ4v) is 4.28. The third-order valence-corrected chi connectivity index (χ3v) is 5.23. The van der Waals surface area contributed by atoms with Gasteiger partial charge in [-0.3, -0.25) is 0 Å². The number of hydrogen-bond donors (Lipinski definition) is 1. The van der Waals surface area contributed by atoms with E-state index in [-0.39, 0.29) is 0 Å². The van der Waals surface area contributed by atoms with Crippen molar-refractivity contribution in [2.45, 2.75) is 37.5 Å². The van der Waals surface area contributed by atoms with Gasteiger partial charge in [0, 0.05) is 15.8 Å². The van der Waals surface area contributed by atoms with Gasteiger partial charge in [-0.1, -0.05) is 35.0 Å². The van der Waals surface area contributed by atoms with Gasteiger partial charge in [0.05, 0.1) is 0 Å². The Hall–Kier alpha value is 0.01000. The molecule has 1 fully saturated rings. The standard InChI is InChI=1S/C14H20BrNS/c1-2-16-13(14-7-4-8-17-14)10-11-5-3-6-12(15)9-11/h3,5-6,9,13-14,16H,2,4,7-8,10H2,1H3. The molecule has 3 heteroatoms. The second-order valence-corrected chi connectivity index (χ2v) is 6.81. The normalized spacial score (nSPS) is 21.6. The van der Waals surface area contributed by atoms with E-state index in [2.05, 4.69) is 64.2 Å². The van der Waals surface area contributed by atoms with Crippen molar-refractivity contribution < 1.29 is 0 Å². The predicted molar refractivity (Wildman–Crippen MR) is 80.8 cm³/mol. The van der Waals surface area contributed by atoms with E-state index in [1.54, 1.807) is 0 Å². The molecule has 1 nitrogen and oxygen atoms in total. The van der Waals surface area contributed by atoms with Crippen molar-refractivity contribution in [1.82, 2.24) is 5.32 Å². The number of benzene rings is 1. The lowest BCUT2D eigenvalue weighted by atomic mass is 10.0. The number of thioether (sulfide) groups is 1. The maximum Gasteiger partial charge on any atom is 0.0226 e. The Kier molecular flexibility index (Phi) is 5.39. The van der Waals surface area contributed by atoms with Gasteiger partial charge in [0.15, 0.2) is 0 Å². The average molecular weight is 314 g/mol. The van der Waals surface area contributed by atoms with Crippen molar-refractivity contribution in [3.63, 3.8) is 0 Å². The highest BCUT2D eigenvalue weighted by Gasteiger charge is 2.24. The molecule has 2 rings (SSSR count). The highest BCUT2D eigenvalue weighted by molar-refractivity contribution is 9.10. The maximum absolute atomic E-state index is 3.66. The first-order chi connectivity index (χ1) is 8.29. The number of rotatable bonds is 5. The number of nitrogens with one attached hydrogen (secondary N) is 1. The largest absolute Gasteiger partial charge is 0.313 e. The van der Waals surface area contributed by atoms with Gasteiger partial charge < -0.3 is 5.32 Å². The lowest BCUT2D eigenvalue weighted by Gasteiger charge is -2.24. The summed E-state index contributed by atoms with van der Waals surface area (Å²) >= 11 is 5.69. The summed E-state index contributed by atoms with van der Waals surface area (Å²) in [6.45, 7) is 3.27. The molecule has 17 heavy (non-hydrogen) atoms. The van der Waals surface area contributed by atoms with E-state index in [0.717, 1.165) is 18.2 Å². The first-order valence-corrected chi connectivity index (χ1v) is 8.23. The van der Waals surface area contributed by atoms with Crippen LogP contribution in [0.15, 0.2) is 28.7 Å². The lowest BCUT2D eigenvalue weighted by Crippen LogP contribution is -2.38. The van der Waals surface area contributed by atoms with E-state index in [1.165, 1.54) is 28.6 Å². The molecule has 1 aromatic rings. The Bertz CT molecular complexity index is 350. The lowest BCUT2D eigenvalue weighted by molar-refractivity contribution is 0.495. The monoisotopic (exact) mass is 313 g/mol.